The molecule has 0 aromatic carbocycles. The van der Waals surface area contributed by atoms with E-state index in [-0.39, 0.29) is 5.91 Å². The molecule has 0 aliphatic rings. The summed E-state index contributed by atoms with van der Waals surface area (Å²) in [5, 5.41) is 1.56. The van der Waals surface area contributed by atoms with Gasteiger partial charge in [0, 0.05) is 26.5 Å². The summed E-state index contributed by atoms with van der Waals surface area (Å²) in [6.07, 6.45) is 3.22. The molecule has 0 bridgehead atoms. The maximum absolute atomic E-state index is 11.5. The minimum Gasteiger partial charge on any atom is -0.316 e. The third-order valence-electron chi connectivity index (χ3n) is 1.68. The maximum Gasteiger partial charge on any atom is 0.255 e. The molecule has 5 heteroatoms. The molecule has 76 valence electrons. The minimum atomic E-state index is -0.652. The molecule has 1 unspecified atom stereocenters. The van der Waals surface area contributed by atoms with Gasteiger partial charge in [-0.25, -0.2) is 5.01 Å². The van der Waals surface area contributed by atoms with Gasteiger partial charge in [-0.15, -0.1) is 0 Å². The van der Waals surface area contributed by atoms with E-state index in [1.807, 2.05) is 0 Å². The molecule has 0 radical (unpaired) electrons. The molecular weight excluding hydrogens is 180 g/mol. The molecule has 1 aromatic rings. The molecule has 0 fully saturated rings. The molecule has 0 spiro atoms. The Morgan fingerprint density at radius 1 is 1.50 bits per heavy atom. The number of hydrogen-bond acceptors (Lipinski definition) is 4. The van der Waals surface area contributed by atoms with Gasteiger partial charge < -0.3 is 5.73 Å². The van der Waals surface area contributed by atoms with Crippen LogP contribution in [-0.2, 0) is 4.79 Å². The first-order chi connectivity index (χ1) is 6.61. The lowest BCUT2D eigenvalue weighted by molar-refractivity contribution is -0.126. The first-order valence-corrected chi connectivity index (χ1v) is 4.24. The fraction of sp³-hybridized carbons (Fsp3) is 0.333. The SMILES string of the molecule is CN(C)NC(=O)C(N)c1ccncc1. The zero-order chi connectivity index (χ0) is 10.6. The van der Waals surface area contributed by atoms with Gasteiger partial charge in [-0.3, -0.25) is 15.2 Å². The zero-order valence-electron chi connectivity index (χ0n) is 8.27. The van der Waals surface area contributed by atoms with E-state index in [0.29, 0.717) is 0 Å². The zero-order valence-corrected chi connectivity index (χ0v) is 8.27. The van der Waals surface area contributed by atoms with Crippen molar-refractivity contribution >= 4 is 5.91 Å². The summed E-state index contributed by atoms with van der Waals surface area (Å²) in [6.45, 7) is 0. The molecule has 0 saturated heterocycles. The van der Waals surface area contributed by atoms with Crippen molar-refractivity contribution in [3.05, 3.63) is 30.1 Å². The Kier molecular flexibility index (Phi) is 3.55. The Hall–Kier alpha value is -1.46. The molecular formula is C9H14N4O. The van der Waals surface area contributed by atoms with Crippen molar-refractivity contribution in [2.75, 3.05) is 14.1 Å². The number of amides is 1. The molecule has 0 aliphatic carbocycles. The lowest BCUT2D eigenvalue weighted by Crippen LogP contribution is -2.41. The topological polar surface area (TPSA) is 71.2 Å². The highest BCUT2D eigenvalue weighted by Crippen LogP contribution is 2.07. The average Bonchev–Trinajstić information content (AvgIpc) is 2.17. The van der Waals surface area contributed by atoms with Crippen LogP contribution in [0.3, 0.4) is 0 Å². The second kappa shape index (κ2) is 4.69. The number of hydrogen-bond donors (Lipinski definition) is 2. The number of carbonyl (C=O) groups excluding carboxylic acids is 1. The molecule has 1 aromatic heterocycles. The highest BCUT2D eigenvalue weighted by molar-refractivity contribution is 5.82. The van der Waals surface area contributed by atoms with Crippen molar-refractivity contribution in [2.45, 2.75) is 6.04 Å². The summed E-state index contributed by atoms with van der Waals surface area (Å²) >= 11 is 0. The lowest BCUT2D eigenvalue weighted by atomic mass is 10.1. The van der Waals surface area contributed by atoms with Gasteiger partial charge in [0.25, 0.3) is 5.91 Å². The smallest absolute Gasteiger partial charge is 0.255 e. The van der Waals surface area contributed by atoms with Crippen LogP contribution in [0.15, 0.2) is 24.5 Å². The van der Waals surface area contributed by atoms with Crippen molar-refractivity contribution in [2.24, 2.45) is 5.73 Å². The van der Waals surface area contributed by atoms with Crippen LogP contribution in [0, 0.1) is 0 Å². The van der Waals surface area contributed by atoms with E-state index in [0.717, 1.165) is 5.56 Å². The van der Waals surface area contributed by atoms with Crippen LogP contribution in [0.2, 0.25) is 0 Å². The molecule has 0 saturated carbocycles. The van der Waals surface area contributed by atoms with Crippen molar-refractivity contribution in [1.29, 1.82) is 0 Å². The second-order valence-electron chi connectivity index (χ2n) is 3.13. The van der Waals surface area contributed by atoms with E-state index in [1.54, 1.807) is 43.6 Å². The average molecular weight is 194 g/mol. The van der Waals surface area contributed by atoms with Gasteiger partial charge >= 0.3 is 0 Å². The Balaban J connectivity index is 2.66. The third kappa shape index (κ3) is 2.79. The van der Waals surface area contributed by atoms with Crippen molar-refractivity contribution in [1.82, 2.24) is 15.4 Å². The normalized spacial score (nSPS) is 12.6. The standard InChI is InChI=1S/C9H14N4O/c1-13(2)12-9(14)8(10)7-3-5-11-6-4-7/h3-6,8H,10H2,1-2H3,(H,12,14). The molecule has 1 atom stereocenters. The number of nitrogens with zero attached hydrogens (tertiary/aromatic N) is 2. The quantitative estimate of drug-likeness (QED) is 0.647. The first-order valence-electron chi connectivity index (χ1n) is 4.24. The number of aromatic nitrogens is 1. The highest BCUT2D eigenvalue weighted by atomic mass is 16.2. The van der Waals surface area contributed by atoms with Gasteiger partial charge in [-0.2, -0.15) is 0 Å². The molecule has 1 rings (SSSR count). The van der Waals surface area contributed by atoms with E-state index in [2.05, 4.69) is 10.4 Å². The number of carbonyl (C=O) groups is 1. The molecule has 1 amide bonds. The van der Waals surface area contributed by atoms with Crippen LogP contribution >= 0.6 is 0 Å². The Morgan fingerprint density at radius 2 is 2.07 bits per heavy atom. The van der Waals surface area contributed by atoms with Crippen molar-refractivity contribution in [3.63, 3.8) is 0 Å². The highest BCUT2D eigenvalue weighted by Gasteiger charge is 2.15. The van der Waals surface area contributed by atoms with E-state index in [9.17, 15) is 4.79 Å². The largest absolute Gasteiger partial charge is 0.316 e. The summed E-state index contributed by atoms with van der Waals surface area (Å²) in [4.78, 5) is 15.3. The fourth-order valence-electron chi connectivity index (χ4n) is 1.01. The summed E-state index contributed by atoms with van der Waals surface area (Å²) in [5.74, 6) is -0.235. The number of rotatable bonds is 3. The molecule has 5 nitrogen and oxygen atoms in total. The van der Waals surface area contributed by atoms with Crippen LogP contribution in [-0.4, -0.2) is 30.0 Å². The van der Waals surface area contributed by atoms with Crippen LogP contribution in [0.5, 0.6) is 0 Å². The summed E-state index contributed by atoms with van der Waals surface area (Å²) in [7, 11) is 3.47. The summed E-state index contributed by atoms with van der Waals surface area (Å²) in [5.41, 5.74) is 9.06. The van der Waals surface area contributed by atoms with Crippen LogP contribution in [0.25, 0.3) is 0 Å². The van der Waals surface area contributed by atoms with Gasteiger partial charge in [-0.1, -0.05) is 0 Å². The van der Waals surface area contributed by atoms with Gasteiger partial charge in [0.2, 0.25) is 0 Å². The predicted molar refractivity (Wildman–Crippen MR) is 53.0 cm³/mol. The molecule has 1 heterocycles. The first kappa shape index (κ1) is 10.6. The Labute approximate surface area is 82.9 Å². The minimum absolute atomic E-state index is 0.235. The molecule has 0 aliphatic heterocycles. The van der Waals surface area contributed by atoms with Gasteiger partial charge in [0.05, 0.1) is 0 Å². The second-order valence-corrected chi connectivity index (χ2v) is 3.13. The van der Waals surface area contributed by atoms with E-state index < -0.39 is 6.04 Å². The van der Waals surface area contributed by atoms with Gasteiger partial charge in [0.1, 0.15) is 6.04 Å². The molecule has 3 N–H and O–H groups in total. The van der Waals surface area contributed by atoms with Gasteiger partial charge in [0.15, 0.2) is 0 Å². The summed E-state index contributed by atoms with van der Waals surface area (Å²) < 4.78 is 0. The maximum atomic E-state index is 11.5. The Bertz CT molecular complexity index is 299. The van der Waals surface area contributed by atoms with Gasteiger partial charge in [-0.05, 0) is 17.7 Å². The Morgan fingerprint density at radius 3 is 2.57 bits per heavy atom. The number of hydrazine groups is 1. The number of pyridine rings is 1. The lowest BCUT2D eigenvalue weighted by Gasteiger charge is -2.16. The number of nitrogens with two attached hydrogens (primary N) is 1. The summed E-state index contributed by atoms with van der Waals surface area (Å²) in [6, 6.07) is 2.79. The van der Waals surface area contributed by atoms with Crippen molar-refractivity contribution in [3.8, 4) is 0 Å². The third-order valence-corrected chi connectivity index (χ3v) is 1.68. The van der Waals surface area contributed by atoms with Crippen LogP contribution < -0.4 is 11.2 Å². The monoisotopic (exact) mass is 194 g/mol. The predicted octanol–water partition coefficient (Wildman–Crippen LogP) is -0.326. The van der Waals surface area contributed by atoms with E-state index in [1.165, 1.54) is 0 Å². The van der Waals surface area contributed by atoms with Crippen LogP contribution in [0.1, 0.15) is 11.6 Å². The number of nitrogens with one attached hydrogen (secondary N) is 1. The van der Waals surface area contributed by atoms with E-state index >= 15 is 0 Å². The van der Waals surface area contributed by atoms with Crippen molar-refractivity contribution < 1.29 is 4.79 Å². The van der Waals surface area contributed by atoms with E-state index in [4.69, 9.17) is 5.73 Å². The molecule has 14 heavy (non-hydrogen) atoms. The van der Waals surface area contributed by atoms with Crippen LogP contribution in [0.4, 0.5) is 0 Å². The fourth-order valence-corrected chi connectivity index (χ4v) is 1.01.